The van der Waals surface area contributed by atoms with Crippen molar-refractivity contribution < 1.29 is 4.74 Å². The quantitative estimate of drug-likeness (QED) is 0.317. The first-order valence-corrected chi connectivity index (χ1v) is 12.7. The van der Waals surface area contributed by atoms with E-state index in [-0.39, 0.29) is 6.17 Å². The van der Waals surface area contributed by atoms with Gasteiger partial charge in [-0.3, -0.25) is 4.90 Å². The van der Waals surface area contributed by atoms with E-state index in [4.69, 9.17) is 4.74 Å². The largest absolute Gasteiger partial charge is 0.379 e. The van der Waals surface area contributed by atoms with Crippen molar-refractivity contribution in [3.63, 3.8) is 0 Å². The Hall–Kier alpha value is -3.18. The molecule has 10 heteroatoms. The van der Waals surface area contributed by atoms with Crippen LogP contribution in [0.1, 0.15) is 12.0 Å². The summed E-state index contributed by atoms with van der Waals surface area (Å²) in [5.74, 6) is 1.08. The highest BCUT2D eigenvalue weighted by molar-refractivity contribution is 7.99. The third-order valence-electron chi connectivity index (χ3n) is 5.67. The standard InChI is InChI=1S/C25H30N8OS/c1-3-8-19(9-4-1)21-18-22(32-31-21)27-24-28-23(26-12-7-13-33-14-16-34-17-15-33)29-25(30-24)35-20-10-5-2-6-11-20/h1-6,8-11,18,22,31-32H,7,12-17H2,(H2,26,27,28,29,30). The van der Waals surface area contributed by atoms with Crippen molar-refractivity contribution in [2.45, 2.75) is 22.6 Å². The number of benzene rings is 2. The van der Waals surface area contributed by atoms with Crippen LogP contribution < -0.4 is 21.5 Å². The summed E-state index contributed by atoms with van der Waals surface area (Å²) < 4.78 is 5.43. The number of ether oxygens (including phenoxy) is 1. The molecule has 0 radical (unpaired) electrons. The maximum Gasteiger partial charge on any atom is 0.230 e. The van der Waals surface area contributed by atoms with Crippen molar-refractivity contribution in [3.05, 3.63) is 72.3 Å². The third kappa shape index (κ3) is 6.92. The lowest BCUT2D eigenvalue weighted by Gasteiger charge is -2.26. The number of nitrogens with one attached hydrogen (secondary N) is 4. The first-order chi connectivity index (χ1) is 17.3. The summed E-state index contributed by atoms with van der Waals surface area (Å²) >= 11 is 1.52. The molecule has 3 heterocycles. The minimum absolute atomic E-state index is 0.156. The van der Waals surface area contributed by atoms with Crippen molar-refractivity contribution in [2.24, 2.45) is 0 Å². The lowest BCUT2D eigenvalue weighted by Crippen LogP contribution is -2.37. The van der Waals surface area contributed by atoms with Crippen LogP contribution in [0.25, 0.3) is 5.70 Å². The Morgan fingerprint density at radius 2 is 1.69 bits per heavy atom. The molecule has 9 nitrogen and oxygen atoms in total. The second-order valence-corrected chi connectivity index (χ2v) is 9.29. The summed E-state index contributed by atoms with van der Waals surface area (Å²) in [5.41, 5.74) is 8.59. The Kier molecular flexibility index (Phi) is 8.07. The second kappa shape index (κ2) is 12.0. The molecular weight excluding hydrogens is 460 g/mol. The number of rotatable bonds is 10. The SMILES string of the molecule is C1=C(c2ccccc2)NNC1Nc1nc(NCCCN2CCOCC2)nc(Sc2ccccc2)n1. The fraction of sp³-hybridized carbons (Fsp3) is 0.320. The predicted octanol–water partition coefficient (Wildman–Crippen LogP) is 3.04. The summed E-state index contributed by atoms with van der Waals surface area (Å²) in [6.07, 6.45) is 2.93. The topological polar surface area (TPSA) is 99.3 Å². The summed E-state index contributed by atoms with van der Waals surface area (Å²) in [5, 5.41) is 7.39. The maximum atomic E-state index is 5.43. The van der Waals surface area contributed by atoms with Gasteiger partial charge in [-0.1, -0.05) is 48.5 Å². The lowest BCUT2D eigenvalue weighted by atomic mass is 10.1. The molecule has 0 bridgehead atoms. The van der Waals surface area contributed by atoms with Crippen LogP contribution in [0.4, 0.5) is 11.9 Å². The van der Waals surface area contributed by atoms with E-state index >= 15 is 0 Å². The Morgan fingerprint density at radius 3 is 2.49 bits per heavy atom. The third-order valence-corrected chi connectivity index (χ3v) is 6.54. The highest BCUT2D eigenvalue weighted by Gasteiger charge is 2.18. The number of hydrazine groups is 1. The Bertz CT molecular complexity index is 1110. The number of hydrogen-bond donors (Lipinski definition) is 4. The maximum absolute atomic E-state index is 5.43. The van der Waals surface area contributed by atoms with Crippen molar-refractivity contribution in [1.82, 2.24) is 30.7 Å². The van der Waals surface area contributed by atoms with Crippen LogP contribution >= 0.6 is 11.8 Å². The summed E-state index contributed by atoms with van der Waals surface area (Å²) in [7, 11) is 0. The van der Waals surface area contributed by atoms with Gasteiger partial charge in [0.15, 0.2) is 5.16 Å². The van der Waals surface area contributed by atoms with Gasteiger partial charge in [0.25, 0.3) is 0 Å². The first-order valence-electron chi connectivity index (χ1n) is 11.9. The van der Waals surface area contributed by atoms with Gasteiger partial charge in [0.1, 0.15) is 6.17 Å². The van der Waals surface area contributed by atoms with Gasteiger partial charge in [0.2, 0.25) is 11.9 Å². The molecule has 4 N–H and O–H groups in total. The summed E-state index contributed by atoms with van der Waals surface area (Å²) in [6, 6.07) is 20.3. The number of aromatic nitrogens is 3. The van der Waals surface area contributed by atoms with Gasteiger partial charge >= 0.3 is 0 Å². The molecule has 35 heavy (non-hydrogen) atoms. The van der Waals surface area contributed by atoms with E-state index in [9.17, 15) is 0 Å². The van der Waals surface area contributed by atoms with Gasteiger partial charge in [-0.15, -0.1) is 0 Å². The first kappa shape index (κ1) is 23.6. The summed E-state index contributed by atoms with van der Waals surface area (Å²) in [4.78, 5) is 17.5. The molecule has 1 aromatic heterocycles. The zero-order valence-corrected chi connectivity index (χ0v) is 20.3. The number of nitrogens with zero attached hydrogens (tertiary/aromatic N) is 4. The number of hydrogen-bond acceptors (Lipinski definition) is 10. The monoisotopic (exact) mass is 490 g/mol. The molecule has 2 aliphatic rings. The number of morpholine rings is 1. The van der Waals surface area contributed by atoms with Crippen molar-refractivity contribution >= 4 is 29.4 Å². The van der Waals surface area contributed by atoms with Gasteiger partial charge in [-0.2, -0.15) is 15.0 Å². The van der Waals surface area contributed by atoms with Crippen LogP contribution in [-0.2, 0) is 4.74 Å². The highest BCUT2D eigenvalue weighted by atomic mass is 32.2. The average Bonchev–Trinajstić information content (AvgIpc) is 3.37. The second-order valence-electron chi connectivity index (χ2n) is 8.25. The van der Waals surface area contributed by atoms with Crippen LogP contribution in [-0.4, -0.2) is 65.4 Å². The van der Waals surface area contributed by atoms with Gasteiger partial charge < -0.3 is 20.8 Å². The van der Waals surface area contributed by atoms with Crippen LogP contribution in [0.2, 0.25) is 0 Å². The summed E-state index contributed by atoms with van der Waals surface area (Å²) in [6.45, 7) is 5.46. The van der Waals surface area contributed by atoms with E-state index in [1.807, 2.05) is 48.5 Å². The molecule has 0 spiro atoms. The van der Waals surface area contributed by atoms with Crippen molar-refractivity contribution in [2.75, 3.05) is 50.0 Å². The van der Waals surface area contributed by atoms with Crippen LogP contribution in [0.15, 0.2) is 76.8 Å². The molecule has 0 saturated carbocycles. The molecular formula is C25H30N8OS. The van der Waals surface area contributed by atoms with Gasteiger partial charge in [0.05, 0.1) is 18.9 Å². The highest BCUT2D eigenvalue weighted by Crippen LogP contribution is 2.26. The van der Waals surface area contributed by atoms with Crippen LogP contribution in [0.3, 0.4) is 0 Å². The molecule has 1 atom stereocenters. The van der Waals surface area contributed by atoms with Crippen molar-refractivity contribution in [3.8, 4) is 0 Å². The van der Waals surface area contributed by atoms with Crippen LogP contribution in [0.5, 0.6) is 0 Å². The lowest BCUT2D eigenvalue weighted by molar-refractivity contribution is 0.0378. The molecule has 2 aromatic carbocycles. The van der Waals surface area contributed by atoms with E-state index in [1.165, 1.54) is 11.8 Å². The smallest absolute Gasteiger partial charge is 0.230 e. The minimum Gasteiger partial charge on any atom is -0.379 e. The zero-order chi connectivity index (χ0) is 23.7. The van der Waals surface area contributed by atoms with Gasteiger partial charge in [0, 0.05) is 24.5 Å². The van der Waals surface area contributed by atoms with Crippen molar-refractivity contribution in [1.29, 1.82) is 0 Å². The Balaban J connectivity index is 1.25. The molecule has 3 aromatic rings. The van der Waals surface area contributed by atoms with Gasteiger partial charge in [-0.25, -0.2) is 5.43 Å². The van der Waals surface area contributed by atoms with E-state index in [2.05, 4.69) is 59.5 Å². The molecule has 1 saturated heterocycles. The fourth-order valence-electron chi connectivity index (χ4n) is 3.88. The molecule has 1 unspecified atom stereocenters. The van der Waals surface area contributed by atoms with Gasteiger partial charge in [-0.05, 0) is 48.5 Å². The molecule has 182 valence electrons. The zero-order valence-electron chi connectivity index (χ0n) is 19.5. The normalized spacial score (nSPS) is 18.1. The molecule has 0 aliphatic carbocycles. The van der Waals surface area contributed by atoms with E-state index in [1.54, 1.807) is 0 Å². The van der Waals surface area contributed by atoms with E-state index < -0.39 is 0 Å². The molecule has 5 rings (SSSR count). The van der Waals surface area contributed by atoms with E-state index in [0.717, 1.165) is 62.0 Å². The molecule has 2 aliphatic heterocycles. The van der Waals surface area contributed by atoms with E-state index in [0.29, 0.717) is 17.1 Å². The molecule has 0 amide bonds. The average molecular weight is 491 g/mol. The Labute approximate surface area is 209 Å². The molecule has 1 fully saturated rings. The van der Waals surface area contributed by atoms with Crippen LogP contribution in [0, 0.1) is 0 Å². The predicted molar refractivity (Wildman–Crippen MR) is 139 cm³/mol. The Morgan fingerprint density at radius 1 is 0.943 bits per heavy atom. The fourth-order valence-corrected chi connectivity index (χ4v) is 4.64. The minimum atomic E-state index is -0.156. The number of anilines is 2.